The van der Waals surface area contributed by atoms with E-state index in [9.17, 15) is 9.59 Å². The van der Waals surface area contributed by atoms with Crippen LogP contribution in [0.3, 0.4) is 0 Å². The highest BCUT2D eigenvalue weighted by atomic mass is 32.1. The molecule has 2 amide bonds. The number of carbonyl (C=O) groups excluding carboxylic acids is 2. The average molecular weight is 575 g/mol. The van der Waals surface area contributed by atoms with Gasteiger partial charge in [-0.25, -0.2) is 18.7 Å². The molecule has 4 aromatic rings. The lowest BCUT2D eigenvalue weighted by atomic mass is 9.99. The van der Waals surface area contributed by atoms with Gasteiger partial charge in [0.2, 0.25) is 0 Å². The normalized spacial score (nSPS) is 17.1. The molecule has 0 saturated carbocycles. The maximum Gasteiger partial charge on any atom is 0.255 e. The van der Waals surface area contributed by atoms with E-state index >= 15 is 8.78 Å². The Morgan fingerprint density at radius 2 is 1.80 bits per heavy atom. The minimum absolute atomic E-state index is 0.0786. The fraction of sp³-hybridized carbons (Fsp3) is 0.333. The summed E-state index contributed by atoms with van der Waals surface area (Å²) in [6, 6.07) is 6.78. The highest BCUT2D eigenvalue weighted by Gasteiger charge is 2.42. The number of imidazole rings is 1. The number of hydrogen-bond acceptors (Lipinski definition) is 6. The van der Waals surface area contributed by atoms with Crippen LogP contribution in [0.25, 0.3) is 11.1 Å². The second-order valence-corrected chi connectivity index (χ2v) is 11.6. The summed E-state index contributed by atoms with van der Waals surface area (Å²) in [6.45, 7) is 2.34. The van der Waals surface area contributed by atoms with E-state index in [2.05, 4.69) is 15.3 Å². The van der Waals surface area contributed by atoms with Gasteiger partial charge >= 0.3 is 0 Å². The summed E-state index contributed by atoms with van der Waals surface area (Å²) >= 11 is 1.27. The van der Waals surface area contributed by atoms with Gasteiger partial charge in [0.25, 0.3) is 11.8 Å². The number of halogens is 2. The second kappa shape index (κ2) is 10.4. The first-order valence-corrected chi connectivity index (χ1v) is 14.8. The molecule has 1 fully saturated rings. The molecule has 0 aliphatic carbocycles. The van der Waals surface area contributed by atoms with Crippen LogP contribution in [0.2, 0.25) is 0 Å². The molecular weight excluding hydrogens is 546 g/mol. The molecule has 5 heterocycles. The number of carbonyl (C=O) groups is 2. The average Bonchev–Trinajstić information content (AvgIpc) is 3.77. The summed E-state index contributed by atoms with van der Waals surface area (Å²) in [5.74, 6) is -1.86. The van der Waals surface area contributed by atoms with E-state index in [1.807, 2.05) is 9.47 Å². The second-order valence-electron chi connectivity index (χ2n) is 10.7. The standard InChI is InChI=1S/C30H28F2N6O2S/c31-22-15-19(18-6-7-24(23(32)14-18)36-9-2-1-3-10-36)13-20-21(22)16-38(29(20)40)27(28(39)35-30-33-8-12-41-30)26-25-5-4-11-37(25)17-34-26/h6-8,12-15,17,27H,1-5,9-11,16H2,(H,33,35,39). The van der Waals surface area contributed by atoms with E-state index in [1.54, 1.807) is 36.1 Å². The smallest absolute Gasteiger partial charge is 0.255 e. The van der Waals surface area contributed by atoms with Gasteiger partial charge in [0, 0.05) is 48.0 Å². The molecular formula is C30H28F2N6O2S. The lowest BCUT2D eigenvalue weighted by molar-refractivity contribution is -0.121. The number of hydrogen-bond donors (Lipinski definition) is 1. The molecule has 0 spiro atoms. The molecule has 210 valence electrons. The maximum absolute atomic E-state index is 15.6. The molecule has 0 bridgehead atoms. The van der Waals surface area contributed by atoms with Crippen molar-refractivity contribution in [1.29, 1.82) is 0 Å². The van der Waals surface area contributed by atoms with Crippen LogP contribution in [-0.2, 0) is 24.3 Å². The van der Waals surface area contributed by atoms with Crippen molar-refractivity contribution in [3.63, 3.8) is 0 Å². The number of aromatic nitrogens is 3. The zero-order valence-corrected chi connectivity index (χ0v) is 23.1. The van der Waals surface area contributed by atoms with Gasteiger partial charge in [-0.2, -0.15) is 0 Å². The summed E-state index contributed by atoms with van der Waals surface area (Å²) in [6.07, 6.45) is 8.13. The van der Waals surface area contributed by atoms with Crippen LogP contribution >= 0.6 is 11.3 Å². The topological polar surface area (TPSA) is 83.4 Å². The molecule has 7 rings (SSSR count). The highest BCUT2D eigenvalue weighted by molar-refractivity contribution is 7.13. The molecule has 2 aromatic carbocycles. The quantitative estimate of drug-likeness (QED) is 0.326. The summed E-state index contributed by atoms with van der Waals surface area (Å²) in [5, 5.41) is 4.95. The Morgan fingerprint density at radius 1 is 0.976 bits per heavy atom. The zero-order valence-electron chi connectivity index (χ0n) is 22.3. The number of benzene rings is 2. The van der Waals surface area contributed by atoms with Gasteiger partial charge in [-0.1, -0.05) is 6.07 Å². The van der Waals surface area contributed by atoms with Gasteiger partial charge in [-0.15, -0.1) is 11.3 Å². The Labute approximate surface area is 239 Å². The Balaban J connectivity index is 1.22. The zero-order chi connectivity index (χ0) is 28.1. The number of nitrogens with one attached hydrogen (secondary N) is 1. The lowest BCUT2D eigenvalue weighted by Crippen LogP contribution is -2.38. The molecule has 1 atom stereocenters. The van der Waals surface area contributed by atoms with Crippen LogP contribution in [0, 0.1) is 11.6 Å². The van der Waals surface area contributed by atoms with Crippen molar-refractivity contribution >= 4 is 34.0 Å². The first-order chi connectivity index (χ1) is 20.0. The first kappa shape index (κ1) is 25.8. The number of anilines is 2. The summed E-state index contributed by atoms with van der Waals surface area (Å²) in [7, 11) is 0. The number of thiazole rings is 1. The van der Waals surface area contributed by atoms with Crippen molar-refractivity contribution in [2.45, 2.75) is 51.2 Å². The van der Waals surface area contributed by atoms with Crippen molar-refractivity contribution in [1.82, 2.24) is 19.4 Å². The first-order valence-electron chi connectivity index (χ1n) is 13.9. The molecule has 11 heteroatoms. The fourth-order valence-electron chi connectivity index (χ4n) is 6.24. The van der Waals surface area contributed by atoms with Gasteiger partial charge in [0.1, 0.15) is 11.6 Å². The minimum Gasteiger partial charge on any atom is -0.369 e. The SMILES string of the molecule is O=C(Nc1nccs1)C(c1ncn2c1CCC2)N1Cc2c(F)cc(-c3ccc(N4CCCCC4)c(F)c3)cc2C1=O. The van der Waals surface area contributed by atoms with Crippen molar-refractivity contribution < 1.29 is 18.4 Å². The molecule has 0 radical (unpaired) electrons. The highest BCUT2D eigenvalue weighted by Crippen LogP contribution is 2.38. The van der Waals surface area contributed by atoms with E-state index in [1.165, 1.54) is 28.4 Å². The largest absolute Gasteiger partial charge is 0.369 e. The lowest BCUT2D eigenvalue weighted by Gasteiger charge is -2.29. The Kier molecular flexibility index (Phi) is 6.53. The number of nitrogens with zero attached hydrogens (tertiary/aromatic N) is 5. The third-order valence-electron chi connectivity index (χ3n) is 8.27. The summed E-state index contributed by atoms with van der Waals surface area (Å²) < 4.78 is 32.8. The third-order valence-corrected chi connectivity index (χ3v) is 8.95. The van der Waals surface area contributed by atoms with Crippen molar-refractivity contribution in [3.05, 3.63) is 82.4 Å². The molecule has 1 unspecified atom stereocenters. The number of amides is 2. The fourth-order valence-corrected chi connectivity index (χ4v) is 6.77. The van der Waals surface area contributed by atoms with Crippen LogP contribution in [-0.4, -0.2) is 44.3 Å². The summed E-state index contributed by atoms with van der Waals surface area (Å²) in [5.41, 5.74) is 3.22. The number of piperidine rings is 1. The molecule has 3 aliphatic heterocycles. The van der Waals surface area contributed by atoms with Crippen LogP contribution in [0.15, 0.2) is 48.2 Å². The monoisotopic (exact) mass is 574 g/mol. The van der Waals surface area contributed by atoms with Crippen molar-refractivity contribution in [3.8, 4) is 11.1 Å². The molecule has 41 heavy (non-hydrogen) atoms. The van der Waals surface area contributed by atoms with E-state index in [0.717, 1.165) is 57.4 Å². The van der Waals surface area contributed by atoms with Gasteiger partial charge < -0.3 is 14.4 Å². The number of aryl methyl sites for hydroxylation is 1. The molecule has 3 aliphatic rings. The van der Waals surface area contributed by atoms with Crippen LogP contribution in [0.5, 0.6) is 0 Å². The Morgan fingerprint density at radius 3 is 2.59 bits per heavy atom. The van der Waals surface area contributed by atoms with Gasteiger partial charge in [-0.3, -0.25) is 14.9 Å². The predicted octanol–water partition coefficient (Wildman–Crippen LogP) is 5.56. The van der Waals surface area contributed by atoms with E-state index in [4.69, 9.17) is 0 Å². The van der Waals surface area contributed by atoms with Crippen LogP contribution in [0.1, 0.15) is 59.0 Å². The Hall–Kier alpha value is -4.12. The minimum atomic E-state index is -1.06. The number of fused-ring (bicyclic) bond motifs is 2. The predicted molar refractivity (Wildman–Crippen MR) is 152 cm³/mol. The molecule has 8 nitrogen and oxygen atoms in total. The van der Waals surface area contributed by atoms with E-state index in [0.29, 0.717) is 27.6 Å². The van der Waals surface area contributed by atoms with E-state index in [-0.39, 0.29) is 23.5 Å². The van der Waals surface area contributed by atoms with Crippen LogP contribution in [0.4, 0.5) is 19.6 Å². The Bertz CT molecular complexity index is 1650. The number of rotatable bonds is 6. The molecule has 1 N–H and O–H groups in total. The molecule has 2 aromatic heterocycles. The molecule has 1 saturated heterocycles. The maximum atomic E-state index is 15.6. The van der Waals surface area contributed by atoms with Gasteiger partial charge in [-0.05, 0) is 67.5 Å². The van der Waals surface area contributed by atoms with Gasteiger partial charge in [0.05, 0.1) is 24.3 Å². The van der Waals surface area contributed by atoms with Crippen LogP contribution < -0.4 is 10.2 Å². The van der Waals surface area contributed by atoms with Gasteiger partial charge in [0.15, 0.2) is 11.2 Å². The van der Waals surface area contributed by atoms with E-state index < -0.39 is 23.7 Å². The third kappa shape index (κ3) is 4.57. The summed E-state index contributed by atoms with van der Waals surface area (Å²) in [4.78, 5) is 39.6. The van der Waals surface area contributed by atoms with Crippen molar-refractivity contribution in [2.75, 3.05) is 23.3 Å². The van der Waals surface area contributed by atoms with Crippen molar-refractivity contribution in [2.24, 2.45) is 0 Å².